The minimum Gasteiger partial charge on any atom is -0.459 e. The molecule has 1 fully saturated rings. The molecule has 0 unspecified atom stereocenters. The molecule has 126 valence electrons. The Balaban J connectivity index is 1.55. The summed E-state index contributed by atoms with van der Waals surface area (Å²) in [4.78, 5) is 34.5. The summed E-state index contributed by atoms with van der Waals surface area (Å²) in [6.07, 6.45) is 6.46. The number of piperidine rings is 1. The molecule has 1 atom stereocenters. The van der Waals surface area contributed by atoms with Gasteiger partial charge in [-0.1, -0.05) is 0 Å². The number of hydrogen-bond acceptors (Lipinski definition) is 5. The van der Waals surface area contributed by atoms with Crippen molar-refractivity contribution in [2.24, 2.45) is 5.92 Å². The van der Waals surface area contributed by atoms with Crippen LogP contribution in [0.3, 0.4) is 0 Å². The fourth-order valence-electron chi connectivity index (χ4n) is 2.81. The van der Waals surface area contributed by atoms with Crippen LogP contribution in [0.15, 0.2) is 35.2 Å². The molecular weight excluding hydrogens is 308 g/mol. The number of carbonyl (C=O) groups excluding carboxylic acids is 2. The van der Waals surface area contributed by atoms with Crippen LogP contribution >= 0.6 is 0 Å². The number of nitrogens with one attached hydrogen (secondary N) is 1. The highest BCUT2D eigenvalue weighted by atomic mass is 16.3. The van der Waals surface area contributed by atoms with E-state index in [4.69, 9.17) is 4.42 Å². The molecule has 1 saturated heterocycles. The minimum atomic E-state index is -0.229. The second-order valence-corrected chi connectivity index (χ2v) is 5.99. The molecule has 0 bridgehead atoms. The Morgan fingerprint density at radius 3 is 2.96 bits per heavy atom. The van der Waals surface area contributed by atoms with E-state index in [-0.39, 0.29) is 17.7 Å². The maximum absolute atomic E-state index is 12.5. The molecule has 2 aromatic rings. The summed E-state index contributed by atoms with van der Waals surface area (Å²) in [6, 6.07) is 3.31. The summed E-state index contributed by atoms with van der Waals surface area (Å²) in [5.74, 6) is 0.186. The third-order valence-electron chi connectivity index (χ3n) is 4.10. The molecule has 1 N–H and O–H groups in total. The van der Waals surface area contributed by atoms with Gasteiger partial charge in [0, 0.05) is 25.8 Å². The smallest absolute Gasteiger partial charge is 0.286 e. The number of likely N-dealkylation sites (tertiary alicyclic amines) is 1. The van der Waals surface area contributed by atoms with Gasteiger partial charge < -0.3 is 14.6 Å². The number of nitrogens with zero attached hydrogens (tertiary/aromatic N) is 3. The first-order valence-corrected chi connectivity index (χ1v) is 8.03. The number of rotatable bonds is 4. The van der Waals surface area contributed by atoms with Gasteiger partial charge in [-0.2, -0.15) is 0 Å². The maximum atomic E-state index is 12.5. The zero-order chi connectivity index (χ0) is 16.9. The molecule has 1 aliphatic heterocycles. The third kappa shape index (κ3) is 3.79. The van der Waals surface area contributed by atoms with E-state index in [9.17, 15) is 9.59 Å². The van der Waals surface area contributed by atoms with Gasteiger partial charge in [0.2, 0.25) is 0 Å². The van der Waals surface area contributed by atoms with E-state index in [0.29, 0.717) is 31.1 Å². The molecule has 0 spiro atoms. The number of carbonyl (C=O) groups is 2. The molecule has 2 aromatic heterocycles. The van der Waals surface area contributed by atoms with Gasteiger partial charge >= 0.3 is 0 Å². The quantitative estimate of drug-likeness (QED) is 0.922. The number of hydrogen-bond donors (Lipinski definition) is 1. The van der Waals surface area contributed by atoms with E-state index in [2.05, 4.69) is 15.3 Å². The second kappa shape index (κ2) is 7.25. The highest BCUT2D eigenvalue weighted by Gasteiger charge is 2.25. The van der Waals surface area contributed by atoms with Gasteiger partial charge in [-0.05, 0) is 37.8 Å². The van der Waals surface area contributed by atoms with Crippen LogP contribution in [0, 0.1) is 12.8 Å². The predicted octanol–water partition coefficient (Wildman–Crippen LogP) is 1.66. The lowest BCUT2D eigenvalue weighted by atomic mass is 9.97. The largest absolute Gasteiger partial charge is 0.459 e. The number of aryl methyl sites for hydroxylation is 1. The van der Waals surface area contributed by atoms with Gasteiger partial charge in [0.05, 0.1) is 18.2 Å². The van der Waals surface area contributed by atoms with Gasteiger partial charge in [0.25, 0.3) is 11.8 Å². The van der Waals surface area contributed by atoms with Gasteiger partial charge in [-0.25, -0.2) is 4.98 Å². The molecule has 0 aromatic carbocycles. The first-order valence-electron chi connectivity index (χ1n) is 8.03. The molecule has 2 amide bonds. The van der Waals surface area contributed by atoms with Gasteiger partial charge in [0.15, 0.2) is 5.76 Å². The molecule has 0 saturated carbocycles. The van der Waals surface area contributed by atoms with Crippen LogP contribution in [0.4, 0.5) is 0 Å². The summed E-state index contributed by atoms with van der Waals surface area (Å²) in [7, 11) is 0. The average Bonchev–Trinajstić information content (AvgIpc) is 3.15. The van der Waals surface area contributed by atoms with Crippen molar-refractivity contribution in [1.29, 1.82) is 0 Å². The van der Waals surface area contributed by atoms with Crippen molar-refractivity contribution in [3.63, 3.8) is 0 Å². The molecule has 3 rings (SSSR count). The number of aromatic nitrogens is 2. The van der Waals surface area contributed by atoms with Crippen molar-refractivity contribution in [3.05, 3.63) is 47.9 Å². The van der Waals surface area contributed by atoms with E-state index in [1.54, 1.807) is 23.2 Å². The van der Waals surface area contributed by atoms with Crippen LogP contribution in [-0.2, 0) is 0 Å². The predicted molar refractivity (Wildman–Crippen MR) is 86.4 cm³/mol. The summed E-state index contributed by atoms with van der Waals surface area (Å²) in [5.41, 5.74) is 1.14. The van der Waals surface area contributed by atoms with E-state index in [0.717, 1.165) is 18.5 Å². The summed E-state index contributed by atoms with van der Waals surface area (Å²) < 4.78 is 5.07. The first kappa shape index (κ1) is 16.2. The van der Waals surface area contributed by atoms with Crippen LogP contribution in [-0.4, -0.2) is 46.3 Å². The highest BCUT2D eigenvalue weighted by Crippen LogP contribution is 2.17. The Morgan fingerprint density at radius 1 is 1.38 bits per heavy atom. The fraction of sp³-hybridized carbons (Fsp3) is 0.412. The molecule has 1 aliphatic rings. The Labute approximate surface area is 140 Å². The molecular formula is C17H20N4O3. The van der Waals surface area contributed by atoms with Gasteiger partial charge in [-0.3, -0.25) is 14.6 Å². The third-order valence-corrected chi connectivity index (χ3v) is 4.10. The standard InChI is InChI=1S/C17H20N4O3/c1-12-8-19-14(10-18-12)17(23)21-6-2-4-13(11-21)9-20-16(22)15-5-3-7-24-15/h3,5,7-8,10,13H,2,4,6,9,11H2,1H3,(H,20,22)/t13-/m0/s1. The molecule has 24 heavy (non-hydrogen) atoms. The van der Waals surface area contributed by atoms with Crippen molar-refractivity contribution in [1.82, 2.24) is 20.2 Å². The Morgan fingerprint density at radius 2 is 2.25 bits per heavy atom. The van der Waals surface area contributed by atoms with Gasteiger partial charge in [0.1, 0.15) is 5.69 Å². The summed E-state index contributed by atoms with van der Waals surface area (Å²) >= 11 is 0. The summed E-state index contributed by atoms with van der Waals surface area (Å²) in [6.45, 7) is 3.66. The molecule has 3 heterocycles. The van der Waals surface area contributed by atoms with Gasteiger partial charge in [-0.15, -0.1) is 0 Å². The van der Waals surface area contributed by atoms with E-state index in [1.165, 1.54) is 12.5 Å². The van der Waals surface area contributed by atoms with Crippen molar-refractivity contribution >= 4 is 11.8 Å². The van der Waals surface area contributed by atoms with Crippen LogP contribution in [0.2, 0.25) is 0 Å². The topological polar surface area (TPSA) is 88.3 Å². The zero-order valence-electron chi connectivity index (χ0n) is 13.6. The van der Waals surface area contributed by atoms with Crippen LogP contribution in [0.5, 0.6) is 0 Å². The Bertz CT molecular complexity index is 697. The minimum absolute atomic E-state index is 0.107. The van der Waals surface area contributed by atoms with Crippen LogP contribution in [0.1, 0.15) is 39.6 Å². The van der Waals surface area contributed by atoms with E-state index in [1.807, 2.05) is 6.92 Å². The van der Waals surface area contributed by atoms with E-state index >= 15 is 0 Å². The van der Waals surface area contributed by atoms with Crippen molar-refractivity contribution in [2.45, 2.75) is 19.8 Å². The maximum Gasteiger partial charge on any atom is 0.286 e. The molecule has 0 radical (unpaired) electrons. The van der Waals surface area contributed by atoms with Crippen molar-refractivity contribution < 1.29 is 14.0 Å². The number of furan rings is 1. The molecule has 7 nitrogen and oxygen atoms in total. The lowest BCUT2D eigenvalue weighted by Gasteiger charge is -2.32. The Hall–Kier alpha value is -2.70. The SMILES string of the molecule is Cc1cnc(C(=O)N2CCC[C@@H](CNC(=O)c3ccco3)C2)cn1. The normalized spacial score (nSPS) is 17.5. The monoisotopic (exact) mass is 328 g/mol. The summed E-state index contributed by atoms with van der Waals surface area (Å²) in [5, 5.41) is 2.86. The number of amides is 2. The fourth-order valence-corrected chi connectivity index (χ4v) is 2.81. The first-order chi connectivity index (χ1) is 11.6. The van der Waals surface area contributed by atoms with E-state index < -0.39 is 0 Å². The Kier molecular flexibility index (Phi) is 4.88. The molecule has 0 aliphatic carbocycles. The zero-order valence-corrected chi connectivity index (χ0v) is 13.6. The average molecular weight is 328 g/mol. The highest BCUT2D eigenvalue weighted by molar-refractivity contribution is 5.92. The van der Waals surface area contributed by atoms with Crippen molar-refractivity contribution in [2.75, 3.05) is 19.6 Å². The lowest BCUT2D eigenvalue weighted by molar-refractivity contribution is 0.0663. The van der Waals surface area contributed by atoms with Crippen LogP contribution < -0.4 is 5.32 Å². The van der Waals surface area contributed by atoms with Crippen LogP contribution in [0.25, 0.3) is 0 Å². The lowest BCUT2D eigenvalue weighted by Crippen LogP contribution is -2.44. The molecule has 7 heteroatoms. The van der Waals surface area contributed by atoms with Crippen molar-refractivity contribution in [3.8, 4) is 0 Å². The second-order valence-electron chi connectivity index (χ2n) is 5.99.